The van der Waals surface area contributed by atoms with Gasteiger partial charge in [-0.3, -0.25) is 14.9 Å². The zero-order chi connectivity index (χ0) is 21.8. The molecule has 0 spiro atoms. The molecule has 0 saturated carbocycles. The van der Waals surface area contributed by atoms with Crippen molar-refractivity contribution in [3.63, 3.8) is 0 Å². The fraction of sp³-hybridized carbons (Fsp3) is 0.318. The van der Waals surface area contributed by atoms with Gasteiger partial charge in [-0.25, -0.2) is 4.98 Å². The van der Waals surface area contributed by atoms with Crippen molar-refractivity contribution < 1.29 is 23.5 Å². The third kappa shape index (κ3) is 4.72. The van der Waals surface area contributed by atoms with Gasteiger partial charge >= 0.3 is 0 Å². The van der Waals surface area contributed by atoms with E-state index in [0.29, 0.717) is 60.0 Å². The quantitative estimate of drug-likeness (QED) is 0.601. The number of likely N-dealkylation sites (N-methyl/N-ethyl adjacent to an activating group) is 1. The molecule has 1 aliphatic rings. The van der Waals surface area contributed by atoms with Crippen molar-refractivity contribution in [2.75, 3.05) is 25.1 Å². The van der Waals surface area contributed by atoms with Gasteiger partial charge in [0, 0.05) is 24.0 Å². The zero-order valence-corrected chi connectivity index (χ0v) is 18.2. The molecule has 0 radical (unpaired) electrons. The number of carbonyl (C=O) groups is 2. The molecule has 1 aromatic carbocycles. The molecule has 1 aliphatic heterocycles. The van der Waals surface area contributed by atoms with E-state index in [0.717, 1.165) is 5.56 Å². The van der Waals surface area contributed by atoms with Crippen molar-refractivity contribution in [1.29, 1.82) is 0 Å². The summed E-state index contributed by atoms with van der Waals surface area (Å²) in [7, 11) is 0. The largest absolute Gasteiger partial charge is 0.486 e. The number of hydrogen-bond acceptors (Lipinski definition) is 7. The summed E-state index contributed by atoms with van der Waals surface area (Å²) in [5.41, 5.74) is 1.99. The Bertz CT molecular complexity index is 1090. The summed E-state index contributed by atoms with van der Waals surface area (Å²) in [6.07, 6.45) is 1.62. The Kier molecular flexibility index (Phi) is 6.22. The molecule has 9 heteroatoms. The minimum Gasteiger partial charge on any atom is -0.486 e. The highest BCUT2D eigenvalue weighted by Crippen LogP contribution is 2.34. The summed E-state index contributed by atoms with van der Waals surface area (Å²) in [4.78, 5) is 31.3. The number of thiazole rings is 1. The smallest absolute Gasteiger partial charge is 0.260 e. The lowest BCUT2D eigenvalue weighted by Crippen LogP contribution is -2.32. The first-order valence-electron chi connectivity index (χ1n) is 10.00. The number of rotatable bonds is 7. The van der Waals surface area contributed by atoms with E-state index in [2.05, 4.69) is 10.3 Å². The summed E-state index contributed by atoms with van der Waals surface area (Å²) in [5.74, 6) is 1.61. The SMILES string of the molecule is CCN(Cc1cccc2c1OCCO2)C(=O)Cc1csc(NC(=O)c2ccoc2C)n1. The molecule has 31 heavy (non-hydrogen) atoms. The van der Waals surface area contributed by atoms with Gasteiger partial charge in [0.15, 0.2) is 16.6 Å². The Hall–Kier alpha value is -3.33. The first-order valence-corrected chi connectivity index (χ1v) is 10.9. The lowest BCUT2D eigenvalue weighted by molar-refractivity contribution is -0.130. The van der Waals surface area contributed by atoms with E-state index in [4.69, 9.17) is 13.9 Å². The number of aromatic nitrogens is 1. The molecular weight excluding hydrogens is 418 g/mol. The molecule has 0 bridgehead atoms. The minimum absolute atomic E-state index is 0.0503. The van der Waals surface area contributed by atoms with E-state index in [9.17, 15) is 9.59 Å². The molecule has 4 rings (SSSR count). The maximum Gasteiger partial charge on any atom is 0.260 e. The minimum atomic E-state index is -0.287. The van der Waals surface area contributed by atoms with Gasteiger partial charge in [-0.2, -0.15) is 0 Å². The topological polar surface area (TPSA) is 93.9 Å². The van der Waals surface area contributed by atoms with Crippen molar-refractivity contribution >= 4 is 28.3 Å². The van der Waals surface area contributed by atoms with E-state index >= 15 is 0 Å². The molecule has 3 heterocycles. The molecule has 0 fully saturated rings. The standard InChI is InChI=1S/C22H23N3O5S/c1-3-25(12-15-5-4-6-18-20(15)30-10-9-29-18)19(26)11-16-13-31-22(23-16)24-21(27)17-7-8-28-14(17)2/h4-8,13H,3,9-12H2,1-2H3,(H,23,24,27). The Balaban J connectivity index is 1.39. The van der Waals surface area contributed by atoms with E-state index in [1.807, 2.05) is 25.1 Å². The lowest BCUT2D eigenvalue weighted by atomic mass is 10.1. The molecule has 1 N–H and O–H groups in total. The van der Waals surface area contributed by atoms with Crippen LogP contribution in [0.4, 0.5) is 5.13 Å². The molecular formula is C22H23N3O5S. The second-order valence-electron chi connectivity index (χ2n) is 7.01. The molecule has 2 amide bonds. The number of amides is 2. The molecule has 0 atom stereocenters. The van der Waals surface area contributed by atoms with E-state index in [1.54, 1.807) is 23.3 Å². The van der Waals surface area contributed by atoms with Gasteiger partial charge in [-0.1, -0.05) is 12.1 Å². The van der Waals surface area contributed by atoms with Gasteiger partial charge in [0.2, 0.25) is 5.91 Å². The number of nitrogens with one attached hydrogen (secondary N) is 1. The highest BCUT2D eigenvalue weighted by molar-refractivity contribution is 7.14. The number of ether oxygens (including phenoxy) is 2. The third-order valence-electron chi connectivity index (χ3n) is 4.95. The number of furan rings is 1. The summed E-state index contributed by atoms with van der Waals surface area (Å²) in [5, 5.41) is 4.98. The van der Waals surface area contributed by atoms with Gasteiger partial charge in [0.05, 0.1) is 23.9 Å². The van der Waals surface area contributed by atoms with Gasteiger partial charge in [-0.15, -0.1) is 11.3 Å². The number of nitrogens with zero attached hydrogens (tertiary/aromatic N) is 2. The number of anilines is 1. The normalized spacial score (nSPS) is 12.5. The molecule has 0 saturated heterocycles. The maximum atomic E-state index is 12.9. The number of hydrogen-bond donors (Lipinski definition) is 1. The average molecular weight is 442 g/mol. The second kappa shape index (κ2) is 9.22. The van der Waals surface area contributed by atoms with Crippen LogP contribution in [0.3, 0.4) is 0 Å². The Morgan fingerprint density at radius 2 is 2.06 bits per heavy atom. The fourth-order valence-corrected chi connectivity index (χ4v) is 4.04. The van der Waals surface area contributed by atoms with Crippen LogP contribution in [0.15, 0.2) is 40.3 Å². The van der Waals surface area contributed by atoms with Crippen molar-refractivity contribution in [2.24, 2.45) is 0 Å². The summed E-state index contributed by atoms with van der Waals surface area (Å²) in [6.45, 7) is 5.66. The molecule has 0 unspecified atom stereocenters. The molecule has 2 aromatic heterocycles. The highest BCUT2D eigenvalue weighted by atomic mass is 32.1. The predicted octanol–water partition coefficient (Wildman–Crippen LogP) is 3.66. The molecule has 162 valence electrons. The van der Waals surface area contributed by atoms with Gasteiger partial charge in [-0.05, 0) is 26.0 Å². The summed E-state index contributed by atoms with van der Waals surface area (Å²) in [6, 6.07) is 7.32. The van der Waals surface area contributed by atoms with Crippen LogP contribution in [0.1, 0.15) is 34.3 Å². The Labute approximate surface area is 183 Å². The van der Waals surface area contributed by atoms with Crippen LogP contribution < -0.4 is 14.8 Å². The summed E-state index contributed by atoms with van der Waals surface area (Å²) < 4.78 is 16.5. The fourth-order valence-electron chi connectivity index (χ4n) is 3.34. The van der Waals surface area contributed by atoms with Crippen molar-refractivity contribution in [1.82, 2.24) is 9.88 Å². The van der Waals surface area contributed by atoms with Crippen LogP contribution in [0.25, 0.3) is 0 Å². The van der Waals surface area contributed by atoms with Crippen LogP contribution in [0.2, 0.25) is 0 Å². The number of fused-ring (bicyclic) bond motifs is 1. The van der Waals surface area contributed by atoms with Crippen LogP contribution >= 0.6 is 11.3 Å². The van der Waals surface area contributed by atoms with Crippen molar-refractivity contribution in [3.05, 3.63) is 58.5 Å². The van der Waals surface area contributed by atoms with Crippen LogP contribution in [-0.4, -0.2) is 41.5 Å². The average Bonchev–Trinajstić information content (AvgIpc) is 3.40. The summed E-state index contributed by atoms with van der Waals surface area (Å²) >= 11 is 1.28. The maximum absolute atomic E-state index is 12.9. The Morgan fingerprint density at radius 1 is 1.23 bits per heavy atom. The van der Waals surface area contributed by atoms with Crippen LogP contribution in [0, 0.1) is 6.92 Å². The zero-order valence-electron chi connectivity index (χ0n) is 17.3. The number of carbonyl (C=O) groups excluding carboxylic acids is 2. The van der Waals surface area contributed by atoms with E-state index in [1.165, 1.54) is 17.6 Å². The van der Waals surface area contributed by atoms with Crippen LogP contribution in [-0.2, 0) is 17.8 Å². The highest BCUT2D eigenvalue weighted by Gasteiger charge is 2.21. The molecule has 0 aliphatic carbocycles. The van der Waals surface area contributed by atoms with E-state index < -0.39 is 0 Å². The molecule has 3 aromatic rings. The molecule has 8 nitrogen and oxygen atoms in total. The predicted molar refractivity (Wildman–Crippen MR) is 116 cm³/mol. The number of benzene rings is 1. The number of para-hydroxylation sites is 1. The monoisotopic (exact) mass is 441 g/mol. The van der Waals surface area contributed by atoms with Crippen molar-refractivity contribution in [3.8, 4) is 11.5 Å². The lowest BCUT2D eigenvalue weighted by Gasteiger charge is -2.25. The second-order valence-corrected chi connectivity index (χ2v) is 7.87. The van der Waals surface area contributed by atoms with E-state index in [-0.39, 0.29) is 18.2 Å². The first-order chi connectivity index (χ1) is 15.0. The van der Waals surface area contributed by atoms with Crippen LogP contribution in [0.5, 0.6) is 11.5 Å². The first kappa shape index (κ1) is 20.9. The van der Waals surface area contributed by atoms with Gasteiger partial charge in [0.25, 0.3) is 5.91 Å². The van der Waals surface area contributed by atoms with Crippen molar-refractivity contribution in [2.45, 2.75) is 26.8 Å². The van der Waals surface area contributed by atoms with Gasteiger partial charge < -0.3 is 18.8 Å². The number of aryl methyl sites for hydroxylation is 1. The Morgan fingerprint density at radius 3 is 2.84 bits per heavy atom. The third-order valence-corrected chi connectivity index (χ3v) is 5.76. The van der Waals surface area contributed by atoms with Gasteiger partial charge in [0.1, 0.15) is 19.0 Å².